The molecule has 2 aliphatic heterocycles. The molecule has 2 aromatic heterocycles. The van der Waals surface area contributed by atoms with Gasteiger partial charge in [-0.2, -0.15) is 0 Å². The standard InChI is InChI=1S/C48H36N4/c1-3-7-45-41(5-1)43-25-27-49-31-47(43)51(45)39-21-13-35(14-22-39)29-33-9-17-37(18-10-33)38-19-11-34(12-20-38)30-36-15-23-40(24-16-36)52-46-8-4-2-6-42(46)44-26-28-50-32-48(44)52/h1-28,31-32,43,47H,29-30H2. The van der Waals surface area contributed by atoms with Gasteiger partial charge in [0, 0.05) is 52.4 Å². The Morgan fingerprint density at radius 1 is 0.519 bits per heavy atom. The number of fused-ring (bicyclic) bond motifs is 6. The maximum atomic E-state index is 4.48. The van der Waals surface area contributed by atoms with E-state index in [4.69, 9.17) is 0 Å². The van der Waals surface area contributed by atoms with E-state index >= 15 is 0 Å². The normalized spacial score (nSPS) is 16.0. The van der Waals surface area contributed by atoms with Gasteiger partial charge in [0.25, 0.3) is 0 Å². The Hall–Kier alpha value is -6.52. The Morgan fingerprint density at radius 3 is 1.79 bits per heavy atom. The van der Waals surface area contributed by atoms with Crippen LogP contribution in [-0.4, -0.2) is 21.8 Å². The molecule has 0 radical (unpaired) electrons. The molecule has 10 rings (SSSR count). The van der Waals surface area contributed by atoms with Crippen molar-refractivity contribution in [1.29, 1.82) is 0 Å². The van der Waals surface area contributed by atoms with Crippen molar-refractivity contribution in [2.45, 2.75) is 24.8 Å². The average Bonchev–Trinajstić information content (AvgIpc) is 3.73. The molecule has 0 fully saturated rings. The van der Waals surface area contributed by atoms with Crippen LogP contribution in [0.5, 0.6) is 0 Å². The van der Waals surface area contributed by atoms with Gasteiger partial charge in [-0.3, -0.25) is 9.98 Å². The minimum Gasteiger partial charge on any atom is -0.332 e. The van der Waals surface area contributed by atoms with E-state index in [1.807, 2.05) is 18.6 Å². The van der Waals surface area contributed by atoms with Crippen LogP contribution < -0.4 is 4.90 Å². The van der Waals surface area contributed by atoms with Crippen LogP contribution in [0.2, 0.25) is 0 Å². The van der Waals surface area contributed by atoms with Crippen LogP contribution in [-0.2, 0) is 12.8 Å². The number of para-hydroxylation sites is 2. The van der Waals surface area contributed by atoms with Gasteiger partial charge in [0.2, 0.25) is 0 Å². The highest BCUT2D eigenvalue weighted by Crippen LogP contribution is 2.46. The lowest BCUT2D eigenvalue weighted by Crippen LogP contribution is -2.32. The largest absolute Gasteiger partial charge is 0.332 e. The predicted octanol–water partition coefficient (Wildman–Crippen LogP) is 11.2. The van der Waals surface area contributed by atoms with E-state index in [2.05, 4.69) is 183 Å². The SMILES string of the molecule is C1=CC2c3ccccc3N(c3ccc(Cc4ccc(-c5ccc(Cc6ccc(-n7c8ccccc8c8ccncc87)cc6)cc5)cc4)cc3)C2C=N1. The van der Waals surface area contributed by atoms with Gasteiger partial charge in [-0.15, -0.1) is 0 Å². The lowest BCUT2D eigenvalue weighted by atomic mass is 9.94. The summed E-state index contributed by atoms with van der Waals surface area (Å²) >= 11 is 0. The van der Waals surface area contributed by atoms with Gasteiger partial charge in [0.05, 0.1) is 23.3 Å². The number of aliphatic imine (C=N–C) groups is 1. The fourth-order valence-electron chi connectivity index (χ4n) is 8.20. The average molecular weight is 669 g/mol. The molecule has 0 aliphatic carbocycles. The van der Waals surface area contributed by atoms with Crippen molar-refractivity contribution in [3.05, 3.63) is 204 Å². The van der Waals surface area contributed by atoms with E-state index in [0.717, 1.165) is 24.0 Å². The summed E-state index contributed by atoms with van der Waals surface area (Å²) in [4.78, 5) is 11.3. The predicted molar refractivity (Wildman–Crippen MR) is 215 cm³/mol. The second-order valence-electron chi connectivity index (χ2n) is 13.9. The Balaban J connectivity index is 0.805. The zero-order chi connectivity index (χ0) is 34.4. The maximum absolute atomic E-state index is 4.48. The Morgan fingerprint density at radius 2 is 1.10 bits per heavy atom. The molecule has 4 heteroatoms. The first-order valence-corrected chi connectivity index (χ1v) is 18.0. The second kappa shape index (κ2) is 12.7. The number of hydrogen-bond acceptors (Lipinski definition) is 3. The van der Waals surface area contributed by atoms with Crippen LogP contribution in [0, 0.1) is 0 Å². The number of pyridine rings is 1. The topological polar surface area (TPSA) is 33.4 Å². The summed E-state index contributed by atoms with van der Waals surface area (Å²) in [5.41, 5.74) is 15.0. The maximum Gasteiger partial charge on any atom is 0.0797 e. The van der Waals surface area contributed by atoms with Crippen LogP contribution in [0.25, 0.3) is 38.6 Å². The van der Waals surface area contributed by atoms with Crippen molar-refractivity contribution in [3.63, 3.8) is 0 Å². The molecule has 0 saturated heterocycles. The fourth-order valence-corrected chi connectivity index (χ4v) is 8.20. The molecule has 4 nitrogen and oxygen atoms in total. The molecule has 248 valence electrons. The monoisotopic (exact) mass is 668 g/mol. The third kappa shape index (κ3) is 5.32. The molecule has 52 heavy (non-hydrogen) atoms. The molecule has 6 aromatic carbocycles. The molecular formula is C48H36N4. The first-order chi connectivity index (χ1) is 25.8. The summed E-state index contributed by atoms with van der Waals surface area (Å²) in [6.45, 7) is 0. The van der Waals surface area contributed by atoms with E-state index in [-0.39, 0.29) is 6.04 Å². The molecule has 2 unspecified atom stereocenters. The van der Waals surface area contributed by atoms with Gasteiger partial charge in [0.15, 0.2) is 0 Å². The number of aromatic nitrogens is 2. The Kier molecular flexibility index (Phi) is 7.38. The minimum absolute atomic E-state index is 0.220. The van der Waals surface area contributed by atoms with Gasteiger partial charge in [-0.05, 0) is 94.3 Å². The van der Waals surface area contributed by atoms with Crippen LogP contribution in [0.4, 0.5) is 11.4 Å². The van der Waals surface area contributed by atoms with Gasteiger partial charge in [-0.25, -0.2) is 0 Å². The summed E-state index contributed by atoms with van der Waals surface area (Å²) < 4.78 is 2.31. The summed E-state index contributed by atoms with van der Waals surface area (Å²) in [6.07, 6.45) is 11.9. The number of benzene rings is 6. The zero-order valence-electron chi connectivity index (χ0n) is 28.7. The number of nitrogens with zero attached hydrogens (tertiary/aromatic N) is 4. The minimum atomic E-state index is 0.220. The lowest BCUT2D eigenvalue weighted by Gasteiger charge is -2.28. The zero-order valence-corrected chi connectivity index (χ0v) is 28.7. The van der Waals surface area contributed by atoms with Crippen molar-refractivity contribution in [1.82, 2.24) is 9.55 Å². The van der Waals surface area contributed by atoms with E-state index < -0.39 is 0 Å². The van der Waals surface area contributed by atoms with Crippen LogP contribution in [0.3, 0.4) is 0 Å². The summed E-state index contributed by atoms with van der Waals surface area (Å²) in [5, 5.41) is 2.48. The number of rotatable bonds is 7. The fraction of sp³-hybridized carbons (Fsp3) is 0.0833. The van der Waals surface area contributed by atoms with Gasteiger partial charge in [-0.1, -0.05) is 115 Å². The second-order valence-corrected chi connectivity index (χ2v) is 13.9. The molecule has 8 aromatic rings. The van der Waals surface area contributed by atoms with Crippen molar-refractivity contribution < 1.29 is 0 Å². The molecule has 0 spiro atoms. The van der Waals surface area contributed by atoms with Crippen molar-refractivity contribution in [3.8, 4) is 16.8 Å². The summed E-state index contributed by atoms with van der Waals surface area (Å²) in [7, 11) is 0. The van der Waals surface area contributed by atoms with E-state index in [9.17, 15) is 0 Å². The first-order valence-electron chi connectivity index (χ1n) is 18.0. The highest BCUT2D eigenvalue weighted by atomic mass is 15.2. The van der Waals surface area contributed by atoms with Gasteiger partial charge in [0.1, 0.15) is 0 Å². The van der Waals surface area contributed by atoms with Crippen molar-refractivity contribution >= 4 is 39.4 Å². The molecular weight excluding hydrogens is 633 g/mol. The van der Waals surface area contributed by atoms with E-state index in [0.29, 0.717) is 5.92 Å². The summed E-state index contributed by atoms with van der Waals surface area (Å²) in [6, 6.07) is 55.7. The van der Waals surface area contributed by atoms with E-state index in [1.54, 1.807) is 0 Å². The van der Waals surface area contributed by atoms with E-state index in [1.165, 1.54) is 66.6 Å². The molecule has 0 amide bonds. The molecule has 0 N–H and O–H groups in total. The molecule has 4 heterocycles. The third-order valence-corrected chi connectivity index (χ3v) is 10.8. The first kappa shape index (κ1) is 30.3. The van der Waals surface area contributed by atoms with Gasteiger partial charge < -0.3 is 9.47 Å². The number of anilines is 2. The van der Waals surface area contributed by atoms with Gasteiger partial charge >= 0.3 is 0 Å². The molecule has 2 atom stereocenters. The quantitative estimate of drug-likeness (QED) is 0.169. The van der Waals surface area contributed by atoms with Crippen molar-refractivity contribution in [2.75, 3.05) is 4.90 Å². The Labute approximate surface area is 303 Å². The summed E-state index contributed by atoms with van der Waals surface area (Å²) in [5.74, 6) is 0.345. The lowest BCUT2D eigenvalue weighted by molar-refractivity contribution is 0.787. The van der Waals surface area contributed by atoms with Crippen LogP contribution in [0.15, 0.2) is 181 Å². The highest BCUT2D eigenvalue weighted by Gasteiger charge is 2.37. The number of hydrogen-bond donors (Lipinski definition) is 0. The molecule has 2 aliphatic rings. The highest BCUT2D eigenvalue weighted by molar-refractivity contribution is 6.08. The van der Waals surface area contributed by atoms with Crippen molar-refractivity contribution in [2.24, 2.45) is 4.99 Å². The molecule has 0 bridgehead atoms. The van der Waals surface area contributed by atoms with Crippen LogP contribution in [0.1, 0.15) is 33.7 Å². The smallest absolute Gasteiger partial charge is 0.0797 e. The Bertz CT molecular complexity index is 2560. The third-order valence-electron chi connectivity index (χ3n) is 10.8. The molecule has 0 saturated carbocycles. The van der Waals surface area contributed by atoms with Crippen LogP contribution >= 0.6 is 0 Å².